The van der Waals surface area contributed by atoms with E-state index in [0.717, 1.165) is 12.2 Å². The second-order valence-corrected chi connectivity index (χ2v) is 4.89. The lowest BCUT2D eigenvalue weighted by atomic mass is 10.3. The molecule has 5 nitrogen and oxygen atoms in total. The molecule has 0 radical (unpaired) electrons. The highest BCUT2D eigenvalue weighted by Crippen LogP contribution is 2.20. The van der Waals surface area contributed by atoms with Gasteiger partial charge >= 0.3 is 0 Å². The highest BCUT2D eigenvalue weighted by molar-refractivity contribution is 5.92. The molecule has 0 atom stereocenters. The van der Waals surface area contributed by atoms with Crippen LogP contribution in [0.4, 0.5) is 5.69 Å². The van der Waals surface area contributed by atoms with E-state index in [4.69, 9.17) is 14.2 Å². The normalized spacial score (nSPS) is 10.0. The number of methoxy groups -OCH3 is 1. The van der Waals surface area contributed by atoms with Crippen molar-refractivity contribution in [3.05, 3.63) is 48.5 Å². The summed E-state index contributed by atoms with van der Waals surface area (Å²) >= 11 is 0. The van der Waals surface area contributed by atoms with Gasteiger partial charge in [0.05, 0.1) is 13.7 Å². The third kappa shape index (κ3) is 5.54. The van der Waals surface area contributed by atoms with E-state index in [-0.39, 0.29) is 12.5 Å². The number of ether oxygens (including phenoxy) is 3. The first-order valence-corrected chi connectivity index (χ1v) is 7.51. The van der Waals surface area contributed by atoms with Crippen molar-refractivity contribution in [1.29, 1.82) is 0 Å². The van der Waals surface area contributed by atoms with Crippen LogP contribution in [0, 0.1) is 0 Å². The molecular weight excluding hydrogens is 294 g/mol. The number of nitrogens with one attached hydrogen (secondary N) is 1. The van der Waals surface area contributed by atoms with Gasteiger partial charge in [0.25, 0.3) is 5.91 Å². The fraction of sp³-hybridized carbons (Fsp3) is 0.278. The van der Waals surface area contributed by atoms with Crippen molar-refractivity contribution < 1.29 is 19.0 Å². The molecule has 0 fully saturated rings. The highest BCUT2D eigenvalue weighted by Gasteiger charge is 2.05. The topological polar surface area (TPSA) is 56.8 Å². The lowest BCUT2D eigenvalue weighted by Gasteiger charge is -2.10. The largest absolute Gasteiger partial charge is 0.497 e. The summed E-state index contributed by atoms with van der Waals surface area (Å²) < 4.78 is 16.1. The summed E-state index contributed by atoms with van der Waals surface area (Å²) in [6.45, 7) is 2.62. The first-order chi connectivity index (χ1) is 11.2. The zero-order valence-electron chi connectivity index (χ0n) is 13.4. The molecule has 1 amide bonds. The van der Waals surface area contributed by atoms with Crippen LogP contribution in [0.3, 0.4) is 0 Å². The molecule has 0 unspecified atom stereocenters. The summed E-state index contributed by atoms with van der Waals surface area (Å²) in [5, 5.41) is 2.76. The molecule has 1 N–H and O–H groups in total. The molecule has 0 saturated carbocycles. The van der Waals surface area contributed by atoms with Crippen molar-refractivity contribution in [1.82, 2.24) is 0 Å². The van der Waals surface area contributed by atoms with E-state index in [2.05, 4.69) is 5.32 Å². The number of hydrogen-bond acceptors (Lipinski definition) is 4. The molecule has 0 aliphatic rings. The number of benzene rings is 2. The van der Waals surface area contributed by atoms with Crippen LogP contribution < -0.4 is 19.5 Å². The molecular formula is C18H21NO4. The summed E-state index contributed by atoms with van der Waals surface area (Å²) in [6.07, 6.45) is 0.939. The standard InChI is InChI=1S/C18H21NO4/c1-3-10-22-16-8-5-9-17(12-16)23-13-18(20)19-14-6-4-7-15(11-14)21-2/h4-9,11-12H,3,10,13H2,1-2H3,(H,19,20). The van der Waals surface area contributed by atoms with Gasteiger partial charge in [0.2, 0.25) is 0 Å². The molecule has 23 heavy (non-hydrogen) atoms. The van der Waals surface area contributed by atoms with E-state index in [1.165, 1.54) is 0 Å². The summed E-state index contributed by atoms with van der Waals surface area (Å²) in [5.74, 6) is 1.78. The Bertz CT molecular complexity index is 642. The van der Waals surface area contributed by atoms with Crippen LogP contribution in [0.2, 0.25) is 0 Å². The van der Waals surface area contributed by atoms with Crippen molar-refractivity contribution in [2.45, 2.75) is 13.3 Å². The Kier molecular flexibility index (Phi) is 6.29. The summed E-state index contributed by atoms with van der Waals surface area (Å²) in [5.41, 5.74) is 0.665. The van der Waals surface area contributed by atoms with Crippen molar-refractivity contribution in [2.24, 2.45) is 0 Å². The quantitative estimate of drug-likeness (QED) is 0.810. The van der Waals surface area contributed by atoms with Gasteiger partial charge in [-0.05, 0) is 30.7 Å². The minimum absolute atomic E-state index is 0.0750. The predicted octanol–water partition coefficient (Wildman–Crippen LogP) is 3.50. The molecule has 0 saturated heterocycles. The van der Waals surface area contributed by atoms with E-state index < -0.39 is 0 Å². The van der Waals surface area contributed by atoms with Crippen LogP contribution in [0.15, 0.2) is 48.5 Å². The van der Waals surface area contributed by atoms with E-state index in [0.29, 0.717) is 23.8 Å². The SMILES string of the molecule is CCCOc1cccc(OCC(=O)Nc2cccc(OC)c2)c1. The molecule has 0 spiro atoms. The van der Waals surface area contributed by atoms with Crippen LogP contribution in [-0.4, -0.2) is 26.2 Å². The lowest BCUT2D eigenvalue weighted by molar-refractivity contribution is -0.118. The zero-order valence-corrected chi connectivity index (χ0v) is 13.4. The van der Waals surface area contributed by atoms with Crippen molar-refractivity contribution >= 4 is 11.6 Å². The van der Waals surface area contributed by atoms with Crippen molar-refractivity contribution in [2.75, 3.05) is 25.6 Å². The van der Waals surface area contributed by atoms with Crippen LogP contribution in [0.1, 0.15) is 13.3 Å². The van der Waals surface area contributed by atoms with E-state index in [1.807, 2.05) is 31.2 Å². The molecule has 2 rings (SSSR count). The maximum absolute atomic E-state index is 11.9. The third-order valence-corrected chi connectivity index (χ3v) is 3.00. The van der Waals surface area contributed by atoms with Crippen LogP contribution in [-0.2, 0) is 4.79 Å². The van der Waals surface area contributed by atoms with Crippen LogP contribution in [0.5, 0.6) is 17.2 Å². The molecule has 0 aliphatic heterocycles. The van der Waals surface area contributed by atoms with Gasteiger partial charge in [0.1, 0.15) is 17.2 Å². The second-order valence-electron chi connectivity index (χ2n) is 4.89. The molecule has 2 aromatic carbocycles. The maximum atomic E-state index is 11.9. The molecule has 0 aliphatic carbocycles. The van der Waals surface area contributed by atoms with Gasteiger partial charge in [-0.25, -0.2) is 0 Å². The summed E-state index contributed by atoms with van der Waals surface area (Å²) in [4.78, 5) is 11.9. The van der Waals surface area contributed by atoms with Gasteiger partial charge in [0.15, 0.2) is 6.61 Å². The molecule has 5 heteroatoms. The highest BCUT2D eigenvalue weighted by atomic mass is 16.5. The number of rotatable bonds is 8. The second kappa shape index (κ2) is 8.68. The number of amides is 1. The minimum atomic E-state index is -0.238. The fourth-order valence-corrected chi connectivity index (χ4v) is 1.92. The Morgan fingerprint density at radius 1 is 1.00 bits per heavy atom. The monoisotopic (exact) mass is 315 g/mol. The Morgan fingerprint density at radius 2 is 1.70 bits per heavy atom. The molecule has 0 heterocycles. The van der Waals surface area contributed by atoms with E-state index in [9.17, 15) is 4.79 Å². The Morgan fingerprint density at radius 3 is 2.43 bits per heavy atom. The Labute approximate surface area is 136 Å². The maximum Gasteiger partial charge on any atom is 0.262 e. The van der Waals surface area contributed by atoms with Crippen molar-refractivity contribution in [3.8, 4) is 17.2 Å². The predicted molar refractivity (Wildman–Crippen MR) is 89.3 cm³/mol. The molecule has 2 aromatic rings. The molecule has 122 valence electrons. The molecule has 0 bridgehead atoms. The first-order valence-electron chi connectivity index (χ1n) is 7.51. The van der Waals surface area contributed by atoms with E-state index >= 15 is 0 Å². The van der Waals surface area contributed by atoms with Crippen LogP contribution >= 0.6 is 0 Å². The number of anilines is 1. The van der Waals surface area contributed by atoms with Gasteiger partial charge in [-0.1, -0.05) is 19.1 Å². The van der Waals surface area contributed by atoms with E-state index in [1.54, 1.807) is 31.4 Å². The Hall–Kier alpha value is -2.69. The summed E-state index contributed by atoms with van der Waals surface area (Å²) in [7, 11) is 1.58. The van der Waals surface area contributed by atoms with Gasteiger partial charge in [-0.15, -0.1) is 0 Å². The van der Waals surface area contributed by atoms with Gasteiger partial charge in [-0.3, -0.25) is 4.79 Å². The average molecular weight is 315 g/mol. The fourth-order valence-electron chi connectivity index (χ4n) is 1.92. The smallest absolute Gasteiger partial charge is 0.262 e. The summed E-state index contributed by atoms with van der Waals surface area (Å²) in [6, 6.07) is 14.4. The number of carbonyl (C=O) groups is 1. The lowest BCUT2D eigenvalue weighted by Crippen LogP contribution is -2.20. The third-order valence-electron chi connectivity index (χ3n) is 3.00. The van der Waals surface area contributed by atoms with Gasteiger partial charge in [0, 0.05) is 17.8 Å². The molecule has 0 aromatic heterocycles. The van der Waals surface area contributed by atoms with Gasteiger partial charge < -0.3 is 19.5 Å². The Balaban J connectivity index is 1.86. The number of hydrogen-bond donors (Lipinski definition) is 1. The van der Waals surface area contributed by atoms with Crippen LogP contribution in [0.25, 0.3) is 0 Å². The first kappa shape index (κ1) is 16.7. The number of carbonyl (C=O) groups excluding carboxylic acids is 1. The van der Waals surface area contributed by atoms with Crippen molar-refractivity contribution in [3.63, 3.8) is 0 Å². The van der Waals surface area contributed by atoms with Gasteiger partial charge in [-0.2, -0.15) is 0 Å². The minimum Gasteiger partial charge on any atom is -0.497 e. The zero-order chi connectivity index (χ0) is 16.5. The average Bonchev–Trinajstić information content (AvgIpc) is 2.58.